The van der Waals surface area contributed by atoms with Crippen molar-refractivity contribution in [1.29, 1.82) is 0 Å². The average Bonchev–Trinajstić information content (AvgIpc) is 2.95. The van der Waals surface area contributed by atoms with E-state index in [9.17, 15) is 5.11 Å². The molecule has 0 amide bonds. The molecule has 1 aromatic carbocycles. The molecule has 80 valence electrons. The molecule has 0 atom stereocenters. The fraction of sp³-hybridized carbons (Fsp3) is 0.385. The molecule has 2 heteroatoms. The van der Waals surface area contributed by atoms with Crippen molar-refractivity contribution in [2.24, 2.45) is 5.73 Å². The largest absolute Gasteiger partial charge is 0.390 e. The lowest BCUT2D eigenvalue weighted by molar-refractivity contribution is 0.151. The standard InChI is InChI=1S/C13H17NO/c14-9-1-2-11-3-5-12(6-4-11)10-13(15)7-8-13/h1-6,15H,7-10,14H2/b2-1+. The Bertz CT molecular complexity index is 349. The molecule has 3 N–H and O–H groups in total. The van der Waals surface area contributed by atoms with Gasteiger partial charge in [0.2, 0.25) is 0 Å². The first-order valence-corrected chi connectivity index (χ1v) is 5.40. The average molecular weight is 203 g/mol. The third-order valence-electron chi connectivity index (χ3n) is 2.79. The van der Waals surface area contributed by atoms with Crippen LogP contribution in [-0.4, -0.2) is 17.3 Å². The molecule has 0 unspecified atom stereocenters. The van der Waals surface area contributed by atoms with E-state index >= 15 is 0 Å². The minimum Gasteiger partial charge on any atom is -0.390 e. The van der Waals surface area contributed by atoms with Crippen LogP contribution in [0.3, 0.4) is 0 Å². The van der Waals surface area contributed by atoms with Crippen LogP contribution in [0.25, 0.3) is 6.08 Å². The van der Waals surface area contributed by atoms with Crippen molar-refractivity contribution >= 4 is 6.08 Å². The summed E-state index contributed by atoms with van der Waals surface area (Å²) in [5, 5.41) is 9.76. The molecule has 2 rings (SSSR count). The maximum Gasteiger partial charge on any atom is 0.0690 e. The minimum atomic E-state index is -0.394. The van der Waals surface area contributed by atoms with E-state index in [4.69, 9.17) is 5.73 Å². The van der Waals surface area contributed by atoms with Crippen molar-refractivity contribution in [2.45, 2.75) is 24.9 Å². The Balaban J connectivity index is 2.00. The predicted molar refractivity (Wildman–Crippen MR) is 62.4 cm³/mol. The molecule has 0 saturated heterocycles. The molecular weight excluding hydrogens is 186 g/mol. The Morgan fingerprint density at radius 2 is 1.93 bits per heavy atom. The van der Waals surface area contributed by atoms with E-state index in [1.807, 2.05) is 12.2 Å². The van der Waals surface area contributed by atoms with Gasteiger partial charge in [-0.05, 0) is 24.0 Å². The summed E-state index contributed by atoms with van der Waals surface area (Å²) in [5.41, 5.74) is 7.35. The summed E-state index contributed by atoms with van der Waals surface area (Å²) in [6.45, 7) is 0.571. The fourth-order valence-corrected chi connectivity index (χ4v) is 1.65. The third-order valence-corrected chi connectivity index (χ3v) is 2.79. The number of aliphatic hydroxyl groups is 1. The highest BCUT2D eigenvalue weighted by atomic mass is 16.3. The molecule has 0 spiro atoms. The van der Waals surface area contributed by atoms with Crippen LogP contribution >= 0.6 is 0 Å². The molecule has 2 nitrogen and oxygen atoms in total. The summed E-state index contributed by atoms with van der Waals surface area (Å²) in [7, 11) is 0. The van der Waals surface area contributed by atoms with E-state index in [2.05, 4.69) is 24.3 Å². The second-order valence-corrected chi connectivity index (χ2v) is 4.28. The first-order valence-electron chi connectivity index (χ1n) is 5.40. The van der Waals surface area contributed by atoms with Gasteiger partial charge in [0.05, 0.1) is 5.60 Å². The summed E-state index contributed by atoms with van der Waals surface area (Å²) in [6.07, 6.45) is 6.62. The van der Waals surface area contributed by atoms with Crippen LogP contribution in [-0.2, 0) is 6.42 Å². The predicted octanol–water partition coefficient (Wildman–Crippen LogP) is 1.73. The lowest BCUT2D eigenvalue weighted by atomic mass is 10.0. The van der Waals surface area contributed by atoms with Gasteiger partial charge in [0.15, 0.2) is 0 Å². The molecule has 0 bridgehead atoms. The van der Waals surface area contributed by atoms with Gasteiger partial charge in [-0.2, -0.15) is 0 Å². The van der Waals surface area contributed by atoms with Gasteiger partial charge in [-0.25, -0.2) is 0 Å². The molecule has 1 saturated carbocycles. The number of hydrogen-bond acceptors (Lipinski definition) is 2. The van der Waals surface area contributed by atoms with E-state index in [1.54, 1.807) is 0 Å². The molecule has 15 heavy (non-hydrogen) atoms. The molecular formula is C13H17NO. The van der Waals surface area contributed by atoms with Crippen molar-refractivity contribution in [3.63, 3.8) is 0 Å². The zero-order valence-corrected chi connectivity index (χ0v) is 8.82. The number of hydrogen-bond donors (Lipinski definition) is 2. The highest BCUT2D eigenvalue weighted by molar-refractivity contribution is 5.49. The Morgan fingerprint density at radius 3 is 2.47 bits per heavy atom. The molecule has 0 aliphatic heterocycles. The fourth-order valence-electron chi connectivity index (χ4n) is 1.65. The number of nitrogens with two attached hydrogens (primary N) is 1. The van der Waals surface area contributed by atoms with Crippen molar-refractivity contribution in [3.05, 3.63) is 41.5 Å². The first kappa shape index (κ1) is 10.4. The molecule has 1 aliphatic rings. The van der Waals surface area contributed by atoms with Crippen LogP contribution in [0.1, 0.15) is 24.0 Å². The van der Waals surface area contributed by atoms with Gasteiger partial charge in [0.25, 0.3) is 0 Å². The smallest absolute Gasteiger partial charge is 0.0690 e. The molecule has 1 fully saturated rings. The van der Waals surface area contributed by atoms with E-state index < -0.39 is 5.60 Å². The van der Waals surface area contributed by atoms with E-state index in [-0.39, 0.29) is 0 Å². The van der Waals surface area contributed by atoms with Crippen LogP contribution in [0.5, 0.6) is 0 Å². The second kappa shape index (κ2) is 4.17. The maximum absolute atomic E-state index is 9.76. The molecule has 0 heterocycles. The summed E-state index contributed by atoms with van der Waals surface area (Å²) in [6, 6.07) is 8.28. The molecule has 1 aromatic rings. The zero-order chi connectivity index (χ0) is 10.7. The van der Waals surface area contributed by atoms with Crippen molar-refractivity contribution in [2.75, 3.05) is 6.54 Å². The quantitative estimate of drug-likeness (QED) is 0.782. The van der Waals surface area contributed by atoms with Crippen LogP contribution < -0.4 is 5.73 Å². The van der Waals surface area contributed by atoms with Gasteiger partial charge in [-0.1, -0.05) is 36.4 Å². The third kappa shape index (κ3) is 2.91. The summed E-state index contributed by atoms with van der Waals surface area (Å²) in [5.74, 6) is 0. The number of benzene rings is 1. The van der Waals surface area contributed by atoms with Gasteiger partial charge in [0.1, 0.15) is 0 Å². The molecule has 1 aliphatic carbocycles. The second-order valence-electron chi connectivity index (χ2n) is 4.28. The van der Waals surface area contributed by atoms with E-state index in [0.717, 1.165) is 24.8 Å². The molecule has 0 radical (unpaired) electrons. The summed E-state index contributed by atoms with van der Waals surface area (Å²) < 4.78 is 0. The normalized spacial score (nSPS) is 18.3. The van der Waals surface area contributed by atoms with Crippen molar-refractivity contribution in [1.82, 2.24) is 0 Å². The Hall–Kier alpha value is -1.12. The highest BCUT2D eigenvalue weighted by Crippen LogP contribution is 2.38. The van der Waals surface area contributed by atoms with Crippen molar-refractivity contribution in [3.8, 4) is 0 Å². The van der Waals surface area contributed by atoms with Crippen LogP contribution in [0, 0.1) is 0 Å². The van der Waals surface area contributed by atoms with E-state index in [0.29, 0.717) is 6.54 Å². The van der Waals surface area contributed by atoms with Gasteiger partial charge in [-0.15, -0.1) is 0 Å². The maximum atomic E-state index is 9.76. The summed E-state index contributed by atoms with van der Waals surface area (Å²) in [4.78, 5) is 0. The zero-order valence-electron chi connectivity index (χ0n) is 8.82. The van der Waals surface area contributed by atoms with Crippen molar-refractivity contribution < 1.29 is 5.11 Å². The van der Waals surface area contributed by atoms with E-state index in [1.165, 1.54) is 5.56 Å². The topological polar surface area (TPSA) is 46.2 Å². The van der Waals surface area contributed by atoms with Gasteiger partial charge in [0, 0.05) is 13.0 Å². The lowest BCUT2D eigenvalue weighted by Gasteiger charge is -2.07. The first-order chi connectivity index (χ1) is 7.22. The minimum absolute atomic E-state index is 0.394. The summed E-state index contributed by atoms with van der Waals surface area (Å²) >= 11 is 0. The SMILES string of the molecule is NC/C=C/c1ccc(CC2(O)CC2)cc1. The lowest BCUT2D eigenvalue weighted by Crippen LogP contribution is -2.10. The Morgan fingerprint density at radius 1 is 1.27 bits per heavy atom. The van der Waals surface area contributed by atoms with Gasteiger partial charge in [-0.3, -0.25) is 0 Å². The van der Waals surface area contributed by atoms with Gasteiger partial charge >= 0.3 is 0 Å². The highest BCUT2D eigenvalue weighted by Gasteiger charge is 2.39. The monoisotopic (exact) mass is 203 g/mol. The van der Waals surface area contributed by atoms with Crippen LogP contribution in [0.4, 0.5) is 0 Å². The Labute approximate surface area is 90.4 Å². The number of rotatable bonds is 4. The Kier molecular flexibility index (Phi) is 2.89. The van der Waals surface area contributed by atoms with Crippen LogP contribution in [0.15, 0.2) is 30.3 Å². The van der Waals surface area contributed by atoms with Crippen LogP contribution in [0.2, 0.25) is 0 Å². The van der Waals surface area contributed by atoms with Gasteiger partial charge < -0.3 is 10.8 Å². The molecule has 0 aromatic heterocycles.